The third-order valence-corrected chi connectivity index (χ3v) is 4.26. The maximum Gasteiger partial charge on any atom is 1.00 e. The van der Waals surface area contributed by atoms with E-state index in [1.807, 2.05) is 6.08 Å². The normalized spacial score (nSPS) is 10.7. The third-order valence-electron chi connectivity index (χ3n) is 3.39. The summed E-state index contributed by atoms with van der Waals surface area (Å²) in [6.07, 6.45) is 9.73. The number of rotatable bonds is 11. The van der Waals surface area contributed by atoms with Crippen LogP contribution in [-0.2, 0) is 14.9 Å². The van der Waals surface area contributed by atoms with Crippen LogP contribution in [0.3, 0.4) is 0 Å². The predicted octanol–water partition coefficient (Wildman–Crippen LogP) is 1.26. The maximum absolute atomic E-state index is 11.7. The minimum atomic E-state index is -4.22. The van der Waals surface area contributed by atoms with Gasteiger partial charge in [0, 0.05) is 6.42 Å². The van der Waals surface area contributed by atoms with Crippen LogP contribution < -0.4 is 34.3 Å². The van der Waals surface area contributed by atoms with Gasteiger partial charge in [-0.25, -0.2) is 0 Å². The molecule has 24 heavy (non-hydrogen) atoms. The molecular weight excluding hydrogens is 339 g/mol. The summed E-state index contributed by atoms with van der Waals surface area (Å²) in [6.45, 7) is 3.68. The molecule has 1 aromatic carbocycles. The van der Waals surface area contributed by atoms with Crippen molar-refractivity contribution in [3.8, 4) is 5.75 Å². The monoisotopic (exact) mass is 364 g/mol. The van der Waals surface area contributed by atoms with Crippen molar-refractivity contribution in [1.82, 2.24) is 0 Å². The van der Waals surface area contributed by atoms with Crippen molar-refractivity contribution < 1.29 is 53.5 Å². The molecule has 1 aromatic rings. The van der Waals surface area contributed by atoms with E-state index in [1.54, 1.807) is 0 Å². The first-order valence-corrected chi connectivity index (χ1v) is 9.26. The molecular formula is C17H25NaO5S. The van der Waals surface area contributed by atoms with Crippen LogP contribution in [-0.4, -0.2) is 18.9 Å². The van der Waals surface area contributed by atoms with Gasteiger partial charge in [0.15, 0.2) is 0 Å². The fraction of sp³-hybridized carbons (Fsp3) is 0.471. The molecule has 5 nitrogen and oxygen atoms in total. The summed E-state index contributed by atoms with van der Waals surface area (Å²) in [5, 5.41) is 0. The molecule has 0 atom stereocenters. The second-order valence-corrected chi connectivity index (χ2v) is 6.79. The molecule has 1 rings (SSSR count). The fourth-order valence-electron chi connectivity index (χ4n) is 2.13. The molecule has 0 aliphatic carbocycles. The zero-order valence-electron chi connectivity index (χ0n) is 15.2. The largest absolute Gasteiger partial charge is 1.00 e. The Hall–Kier alpha value is -0.660. The van der Waals surface area contributed by atoms with Crippen molar-refractivity contribution in [2.75, 3.05) is 0 Å². The number of unbranched alkanes of at least 4 members (excludes halogenated alkanes) is 6. The molecule has 0 saturated heterocycles. The predicted molar refractivity (Wildman–Crippen MR) is 90.1 cm³/mol. The van der Waals surface area contributed by atoms with Gasteiger partial charge in [-0.1, -0.05) is 31.8 Å². The number of carbonyl (C=O) groups excluding carboxylic acids is 1. The molecule has 0 aliphatic rings. The molecule has 0 radical (unpaired) electrons. The second kappa shape index (κ2) is 12.7. The fourth-order valence-corrected chi connectivity index (χ4v) is 2.61. The van der Waals surface area contributed by atoms with Crippen LogP contribution in [0.25, 0.3) is 0 Å². The summed E-state index contributed by atoms with van der Waals surface area (Å²) in [5.74, 6) is -0.0666. The molecule has 7 heteroatoms. The Kier molecular flexibility index (Phi) is 12.3. The number of hydrogen-bond donors (Lipinski definition) is 1. The number of esters is 1. The van der Waals surface area contributed by atoms with Gasteiger partial charge in [-0.3, -0.25) is 9.35 Å². The number of benzene rings is 1. The Morgan fingerprint density at radius 2 is 1.62 bits per heavy atom. The van der Waals surface area contributed by atoms with Crippen molar-refractivity contribution >= 4 is 16.1 Å². The zero-order valence-corrected chi connectivity index (χ0v) is 17.1. The van der Waals surface area contributed by atoms with E-state index in [2.05, 4.69) is 6.58 Å². The Labute approximate surface area is 168 Å². The van der Waals surface area contributed by atoms with Gasteiger partial charge in [-0.15, -0.1) is 6.58 Å². The SMILES string of the molecule is C=CCCCCCCCCC(=O)Oc1ccc(S(=O)(=O)O)cc1.[H-].[Na+]. The summed E-state index contributed by atoms with van der Waals surface area (Å²) in [4.78, 5) is 11.4. The maximum atomic E-state index is 11.7. The Morgan fingerprint density at radius 1 is 1.08 bits per heavy atom. The summed E-state index contributed by atoms with van der Waals surface area (Å²) < 4.78 is 35.8. The minimum Gasteiger partial charge on any atom is -1.00 e. The van der Waals surface area contributed by atoms with Gasteiger partial charge in [0.1, 0.15) is 5.75 Å². The van der Waals surface area contributed by atoms with Crippen molar-refractivity contribution in [3.05, 3.63) is 36.9 Å². The third kappa shape index (κ3) is 10.3. The van der Waals surface area contributed by atoms with E-state index in [1.165, 1.54) is 43.5 Å². The molecule has 0 unspecified atom stereocenters. The molecule has 0 aromatic heterocycles. The van der Waals surface area contributed by atoms with Crippen LogP contribution in [0.2, 0.25) is 0 Å². The van der Waals surface area contributed by atoms with Gasteiger partial charge in [-0.05, 0) is 43.5 Å². The van der Waals surface area contributed by atoms with Crippen LogP contribution in [0.1, 0.15) is 52.8 Å². The van der Waals surface area contributed by atoms with E-state index in [9.17, 15) is 13.2 Å². The first-order valence-electron chi connectivity index (χ1n) is 7.82. The van der Waals surface area contributed by atoms with Gasteiger partial charge in [0.2, 0.25) is 0 Å². The van der Waals surface area contributed by atoms with Crippen molar-refractivity contribution in [3.63, 3.8) is 0 Å². The second-order valence-electron chi connectivity index (χ2n) is 5.37. The van der Waals surface area contributed by atoms with E-state index < -0.39 is 10.1 Å². The quantitative estimate of drug-likeness (QED) is 0.160. The molecule has 0 saturated carbocycles. The van der Waals surface area contributed by atoms with Gasteiger partial charge in [0.25, 0.3) is 10.1 Å². The van der Waals surface area contributed by atoms with Gasteiger partial charge in [0.05, 0.1) is 4.90 Å². The first kappa shape index (κ1) is 23.3. The number of allylic oxidation sites excluding steroid dienone is 1. The number of hydrogen-bond acceptors (Lipinski definition) is 4. The van der Waals surface area contributed by atoms with Gasteiger partial charge in [-0.2, -0.15) is 8.42 Å². The Morgan fingerprint density at radius 3 is 2.17 bits per heavy atom. The molecule has 130 valence electrons. The standard InChI is InChI=1S/C17H24O5S.Na.H/c1-2-3-4-5-6-7-8-9-10-17(18)22-15-11-13-16(14-12-15)23(19,20)21;;/h2,11-14H,1,3-10H2,(H,19,20,21);;/q;+1;-1. The average Bonchev–Trinajstić information content (AvgIpc) is 2.49. The van der Waals surface area contributed by atoms with E-state index in [-0.39, 0.29) is 47.6 Å². The Balaban J connectivity index is 0. The minimum absolute atomic E-state index is 0. The Bertz CT molecular complexity index is 602. The van der Waals surface area contributed by atoms with Crippen molar-refractivity contribution in [2.24, 2.45) is 0 Å². The zero-order chi connectivity index (χ0) is 17.1. The van der Waals surface area contributed by atoms with E-state index in [0.29, 0.717) is 6.42 Å². The summed E-state index contributed by atoms with van der Waals surface area (Å²) in [7, 11) is -4.22. The van der Waals surface area contributed by atoms with Crippen LogP contribution in [0, 0.1) is 0 Å². The molecule has 0 spiro atoms. The number of carbonyl (C=O) groups is 1. The van der Waals surface area contributed by atoms with Crippen molar-refractivity contribution in [1.29, 1.82) is 0 Å². The molecule has 0 heterocycles. The topological polar surface area (TPSA) is 80.7 Å². The van der Waals surface area contributed by atoms with Crippen LogP contribution in [0.4, 0.5) is 0 Å². The van der Waals surface area contributed by atoms with Gasteiger partial charge >= 0.3 is 35.5 Å². The van der Waals surface area contributed by atoms with Crippen molar-refractivity contribution in [2.45, 2.75) is 56.3 Å². The van der Waals surface area contributed by atoms with Crippen LogP contribution in [0.15, 0.2) is 41.8 Å². The molecule has 0 aliphatic heterocycles. The van der Waals surface area contributed by atoms with Gasteiger partial charge < -0.3 is 6.16 Å². The molecule has 0 amide bonds. The summed E-state index contributed by atoms with van der Waals surface area (Å²) in [5.41, 5.74) is 0. The average molecular weight is 364 g/mol. The smallest absolute Gasteiger partial charge is 1.00 e. The number of ether oxygens (including phenoxy) is 1. The molecule has 1 N–H and O–H groups in total. The van der Waals surface area contributed by atoms with Crippen LogP contribution >= 0.6 is 0 Å². The van der Waals surface area contributed by atoms with E-state index in [0.717, 1.165) is 25.7 Å². The van der Waals surface area contributed by atoms with Crippen LogP contribution in [0.5, 0.6) is 5.75 Å². The summed E-state index contributed by atoms with van der Waals surface area (Å²) in [6, 6.07) is 5.09. The molecule has 0 fully saturated rings. The first-order chi connectivity index (χ1) is 10.9. The molecule has 0 bridgehead atoms. The van der Waals surface area contributed by atoms with E-state index in [4.69, 9.17) is 9.29 Å². The summed E-state index contributed by atoms with van der Waals surface area (Å²) >= 11 is 0. The van der Waals surface area contributed by atoms with E-state index >= 15 is 0 Å².